The van der Waals surface area contributed by atoms with E-state index in [4.69, 9.17) is 9.47 Å². The Balaban J connectivity index is 3.01. The first-order chi connectivity index (χ1) is 9.64. The van der Waals surface area contributed by atoms with Gasteiger partial charge in [0.25, 0.3) is 0 Å². The minimum Gasteiger partial charge on any atom is -0.461 e. The fraction of sp³-hybridized carbons (Fsp3) is 0.571. The van der Waals surface area contributed by atoms with Gasteiger partial charge in [-0.25, -0.2) is 9.48 Å². The molecule has 0 atom stereocenters. The fourth-order valence-electron chi connectivity index (χ4n) is 1.57. The van der Waals surface area contributed by atoms with Gasteiger partial charge in [0.2, 0.25) is 0 Å². The molecule has 1 aromatic heterocycles. The number of esters is 2. The molecule has 0 aliphatic rings. The number of ketones is 1. The van der Waals surface area contributed by atoms with Crippen molar-refractivity contribution in [2.24, 2.45) is 0 Å². The maximum absolute atomic E-state index is 11.8. The van der Waals surface area contributed by atoms with E-state index in [0.29, 0.717) is 0 Å². The Morgan fingerprint density at radius 3 is 2.38 bits per heavy atom. The highest BCUT2D eigenvalue weighted by atomic mass is 16.6. The minimum absolute atomic E-state index is 0.0490. The number of Topliss-reactive ketones (excluding diaryl/α,β-unsaturated/α-hetero) is 1. The fourth-order valence-corrected chi connectivity index (χ4v) is 1.57. The molecule has 0 fully saturated rings. The molecule has 1 heterocycles. The summed E-state index contributed by atoms with van der Waals surface area (Å²) in [5.74, 6) is -1.49. The second-order valence-corrected chi connectivity index (χ2v) is 5.44. The van der Waals surface area contributed by atoms with Crippen LogP contribution in [0.4, 0.5) is 0 Å². The van der Waals surface area contributed by atoms with Crippen LogP contribution < -0.4 is 0 Å². The van der Waals surface area contributed by atoms with E-state index in [2.05, 4.69) is 5.10 Å². The number of nitrogens with zero attached hydrogens (tertiary/aromatic N) is 2. The van der Waals surface area contributed by atoms with Gasteiger partial charge >= 0.3 is 11.9 Å². The van der Waals surface area contributed by atoms with E-state index in [1.54, 1.807) is 27.7 Å². The van der Waals surface area contributed by atoms with Crippen LogP contribution >= 0.6 is 0 Å². The summed E-state index contributed by atoms with van der Waals surface area (Å²) in [5.41, 5.74) is -0.493. The van der Waals surface area contributed by atoms with Crippen LogP contribution in [0.25, 0.3) is 0 Å². The number of hydrogen-bond donors (Lipinski definition) is 0. The third kappa shape index (κ3) is 5.02. The van der Waals surface area contributed by atoms with Gasteiger partial charge < -0.3 is 9.47 Å². The molecule has 0 aliphatic heterocycles. The van der Waals surface area contributed by atoms with Crippen LogP contribution in [0.2, 0.25) is 0 Å². The van der Waals surface area contributed by atoms with Crippen molar-refractivity contribution < 1.29 is 23.9 Å². The third-order valence-electron chi connectivity index (χ3n) is 2.32. The van der Waals surface area contributed by atoms with E-state index in [0.717, 1.165) is 4.68 Å². The van der Waals surface area contributed by atoms with Crippen LogP contribution in [0.3, 0.4) is 0 Å². The largest absolute Gasteiger partial charge is 0.461 e. The maximum atomic E-state index is 11.8. The number of hydrogen-bond acceptors (Lipinski definition) is 6. The predicted octanol–water partition coefficient (Wildman–Crippen LogP) is 1.60. The molecule has 7 nitrogen and oxygen atoms in total. The van der Waals surface area contributed by atoms with Gasteiger partial charge in [-0.3, -0.25) is 9.59 Å². The Hall–Kier alpha value is -2.18. The number of carbonyl (C=O) groups excluding carboxylic acids is 3. The van der Waals surface area contributed by atoms with Crippen LogP contribution in [-0.2, 0) is 20.8 Å². The molecule has 0 unspecified atom stereocenters. The van der Waals surface area contributed by atoms with Gasteiger partial charge in [-0.2, -0.15) is 5.10 Å². The topological polar surface area (TPSA) is 87.5 Å². The highest BCUT2D eigenvalue weighted by Gasteiger charge is 2.22. The molecule has 0 aliphatic carbocycles. The van der Waals surface area contributed by atoms with Gasteiger partial charge in [-0.15, -0.1) is 0 Å². The lowest BCUT2D eigenvalue weighted by atomic mass is 10.2. The lowest BCUT2D eigenvalue weighted by Gasteiger charge is -2.19. The average molecular weight is 296 g/mol. The highest BCUT2D eigenvalue weighted by Crippen LogP contribution is 2.11. The molecular formula is C14H20N2O5. The van der Waals surface area contributed by atoms with Gasteiger partial charge in [0.1, 0.15) is 23.5 Å². The van der Waals surface area contributed by atoms with Gasteiger partial charge in [0.05, 0.1) is 6.61 Å². The summed E-state index contributed by atoms with van der Waals surface area (Å²) in [6.07, 6.45) is 0. The van der Waals surface area contributed by atoms with Crippen molar-refractivity contribution in [2.45, 2.75) is 46.8 Å². The number of aromatic nitrogens is 2. The molecule has 0 radical (unpaired) electrons. The SMILES string of the molecule is CCOC(=O)c1cc(C(C)=O)nn1CC(=O)OC(C)(C)C. The normalized spacial score (nSPS) is 11.1. The van der Waals surface area contributed by atoms with E-state index < -0.39 is 17.5 Å². The molecule has 0 saturated heterocycles. The van der Waals surface area contributed by atoms with Crippen LogP contribution in [0.5, 0.6) is 0 Å². The Kier molecular flexibility index (Phi) is 5.23. The molecule has 0 bridgehead atoms. The third-order valence-corrected chi connectivity index (χ3v) is 2.32. The minimum atomic E-state index is -0.641. The van der Waals surface area contributed by atoms with Crippen LogP contribution in [0.1, 0.15) is 55.6 Å². The molecule has 1 aromatic rings. The molecule has 1 rings (SSSR count). The van der Waals surface area contributed by atoms with Crippen molar-refractivity contribution in [3.05, 3.63) is 17.5 Å². The monoisotopic (exact) mass is 296 g/mol. The van der Waals surface area contributed by atoms with Gasteiger partial charge in [0, 0.05) is 13.0 Å². The standard InChI is InChI=1S/C14H20N2O5/c1-6-20-13(19)11-7-10(9(2)17)15-16(11)8-12(18)21-14(3,4)5/h7H,6,8H2,1-5H3. The lowest BCUT2D eigenvalue weighted by molar-refractivity contribution is -0.155. The van der Waals surface area contributed by atoms with Crippen molar-refractivity contribution >= 4 is 17.7 Å². The molecule has 0 saturated carbocycles. The van der Waals surface area contributed by atoms with Crippen molar-refractivity contribution in [1.29, 1.82) is 0 Å². The maximum Gasteiger partial charge on any atom is 0.356 e. The first kappa shape index (κ1) is 16.9. The quantitative estimate of drug-likeness (QED) is 0.606. The van der Waals surface area contributed by atoms with Gasteiger partial charge in [0.15, 0.2) is 5.78 Å². The summed E-state index contributed by atoms with van der Waals surface area (Å²) in [6.45, 7) is 8.13. The van der Waals surface area contributed by atoms with Crippen LogP contribution in [0, 0.1) is 0 Å². The van der Waals surface area contributed by atoms with E-state index in [-0.39, 0.29) is 30.3 Å². The zero-order chi connectivity index (χ0) is 16.2. The average Bonchev–Trinajstić information content (AvgIpc) is 2.70. The molecule has 7 heteroatoms. The predicted molar refractivity (Wildman–Crippen MR) is 74.0 cm³/mol. The van der Waals surface area contributed by atoms with E-state index in [9.17, 15) is 14.4 Å². The zero-order valence-electron chi connectivity index (χ0n) is 12.9. The second-order valence-electron chi connectivity index (χ2n) is 5.44. The summed E-state index contributed by atoms with van der Waals surface area (Å²) < 4.78 is 11.2. The number of ether oxygens (including phenoxy) is 2. The molecule has 0 spiro atoms. The van der Waals surface area contributed by atoms with E-state index in [1.807, 2.05) is 0 Å². The molecule has 21 heavy (non-hydrogen) atoms. The smallest absolute Gasteiger partial charge is 0.356 e. The Morgan fingerprint density at radius 2 is 1.90 bits per heavy atom. The first-order valence-corrected chi connectivity index (χ1v) is 6.61. The highest BCUT2D eigenvalue weighted by molar-refractivity contribution is 5.96. The molecular weight excluding hydrogens is 276 g/mol. The van der Waals surface area contributed by atoms with Crippen LogP contribution in [0.15, 0.2) is 6.07 Å². The molecule has 0 aromatic carbocycles. The summed E-state index contributed by atoms with van der Waals surface area (Å²) >= 11 is 0. The van der Waals surface area contributed by atoms with Crippen molar-refractivity contribution in [2.75, 3.05) is 6.61 Å². The van der Waals surface area contributed by atoms with Crippen LogP contribution in [-0.4, -0.2) is 39.7 Å². The lowest BCUT2D eigenvalue weighted by Crippen LogP contribution is -2.28. The summed E-state index contributed by atoms with van der Waals surface area (Å²) in [6, 6.07) is 1.31. The summed E-state index contributed by atoms with van der Waals surface area (Å²) in [5, 5.41) is 3.95. The Labute approximate surface area is 123 Å². The van der Waals surface area contributed by atoms with Crippen molar-refractivity contribution in [3.63, 3.8) is 0 Å². The van der Waals surface area contributed by atoms with Gasteiger partial charge in [-0.05, 0) is 27.7 Å². The Morgan fingerprint density at radius 1 is 1.29 bits per heavy atom. The second kappa shape index (κ2) is 6.51. The molecule has 0 N–H and O–H groups in total. The summed E-state index contributed by atoms with van der Waals surface area (Å²) in [7, 11) is 0. The van der Waals surface area contributed by atoms with Gasteiger partial charge in [-0.1, -0.05) is 0 Å². The van der Waals surface area contributed by atoms with E-state index >= 15 is 0 Å². The number of carbonyl (C=O) groups is 3. The zero-order valence-corrected chi connectivity index (χ0v) is 12.9. The first-order valence-electron chi connectivity index (χ1n) is 6.61. The molecule has 116 valence electrons. The van der Waals surface area contributed by atoms with Crippen molar-refractivity contribution in [3.8, 4) is 0 Å². The van der Waals surface area contributed by atoms with E-state index in [1.165, 1.54) is 13.0 Å². The number of rotatable bonds is 5. The summed E-state index contributed by atoms with van der Waals surface area (Å²) in [4.78, 5) is 35.0. The Bertz CT molecular complexity index is 554. The van der Waals surface area contributed by atoms with Crippen molar-refractivity contribution in [1.82, 2.24) is 9.78 Å². The molecule has 0 amide bonds.